The number of Topliss-reactive ketones (excluding diaryl/α,β-unsaturated/α-hetero) is 1. The zero-order chi connectivity index (χ0) is 22.4. The van der Waals surface area contributed by atoms with Gasteiger partial charge in [0.2, 0.25) is 5.78 Å². The van der Waals surface area contributed by atoms with Gasteiger partial charge in [-0.05, 0) is 24.6 Å². The molecule has 1 aromatic heterocycles. The van der Waals surface area contributed by atoms with Gasteiger partial charge >= 0.3 is 5.97 Å². The lowest BCUT2D eigenvalue weighted by atomic mass is 10.0. The topological polar surface area (TPSA) is 73.2 Å². The number of halogens is 3. The summed E-state index contributed by atoms with van der Waals surface area (Å²) in [6, 6.07) is 7.77. The molecule has 31 heavy (non-hydrogen) atoms. The number of esters is 1. The molecule has 0 aliphatic rings. The van der Waals surface area contributed by atoms with E-state index in [2.05, 4.69) is 10.3 Å². The molecule has 1 heterocycles. The first-order valence-corrected chi connectivity index (χ1v) is 9.27. The zero-order valence-corrected chi connectivity index (χ0v) is 16.4. The van der Waals surface area contributed by atoms with Crippen molar-refractivity contribution in [2.45, 2.75) is 13.5 Å². The second kappa shape index (κ2) is 9.75. The van der Waals surface area contributed by atoms with Crippen LogP contribution in [0.15, 0.2) is 66.9 Å². The summed E-state index contributed by atoms with van der Waals surface area (Å²) < 4.78 is 47.6. The molecule has 3 rings (SSSR count). The molecular weight excluding hydrogens is 411 g/mol. The molecule has 0 spiro atoms. The minimum atomic E-state index is -1.44. The molecule has 2 aromatic carbocycles. The van der Waals surface area contributed by atoms with Crippen molar-refractivity contribution in [2.24, 2.45) is 0 Å². The summed E-state index contributed by atoms with van der Waals surface area (Å²) in [5.41, 5.74) is 0.0267. The fraction of sp³-hybridized carbons (Fsp3) is 0.136. The normalized spacial score (nSPS) is 11.3. The van der Waals surface area contributed by atoms with Crippen molar-refractivity contribution in [3.05, 3.63) is 95.5 Å². The molecule has 0 aliphatic heterocycles. The number of carbonyl (C=O) groups excluding carboxylic acids is 2. The van der Waals surface area contributed by atoms with E-state index in [1.165, 1.54) is 6.92 Å². The van der Waals surface area contributed by atoms with Crippen LogP contribution in [0.1, 0.15) is 22.8 Å². The standard InChI is InChI=1S/C22H18F3N3O3/c1-2-31-22(30)16(21(29)15-9-18(24)19(25)10-17(15)23)11-27-20-6-4-3-5-14(20)12-28-8-7-26-13-28/h3-11,13,27H,2,12H2,1H3. The van der Waals surface area contributed by atoms with Crippen LogP contribution in [-0.2, 0) is 16.1 Å². The highest BCUT2D eigenvalue weighted by molar-refractivity contribution is 6.24. The number of imidazole rings is 1. The van der Waals surface area contributed by atoms with Gasteiger partial charge in [0.05, 0.1) is 25.0 Å². The number of nitrogens with zero attached hydrogens (tertiary/aromatic N) is 2. The first-order valence-electron chi connectivity index (χ1n) is 9.27. The predicted octanol–water partition coefficient (Wildman–Crippen LogP) is 4.09. The van der Waals surface area contributed by atoms with Crippen LogP contribution in [0.2, 0.25) is 0 Å². The van der Waals surface area contributed by atoms with E-state index in [1.54, 1.807) is 30.9 Å². The van der Waals surface area contributed by atoms with Gasteiger partial charge in [0, 0.05) is 30.3 Å². The third-order valence-corrected chi connectivity index (χ3v) is 4.30. The maximum absolute atomic E-state index is 14.1. The van der Waals surface area contributed by atoms with E-state index in [1.807, 2.05) is 16.7 Å². The van der Waals surface area contributed by atoms with E-state index in [9.17, 15) is 22.8 Å². The average molecular weight is 429 g/mol. The number of rotatable bonds is 8. The Morgan fingerprint density at radius 3 is 2.58 bits per heavy atom. The summed E-state index contributed by atoms with van der Waals surface area (Å²) in [7, 11) is 0. The minimum Gasteiger partial charge on any atom is -0.462 e. The summed E-state index contributed by atoms with van der Waals surface area (Å²) in [5.74, 6) is -6.32. The molecule has 0 saturated carbocycles. The number of ether oxygens (including phenoxy) is 1. The van der Waals surface area contributed by atoms with Crippen molar-refractivity contribution in [1.82, 2.24) is 9.55 Å². The van der Waals surface area contributed by atoms with Crippen molar-refractivity contribution in [1.29, 1.82) is 0 Å². The molecule has 3 aromatic rings. The first kappa shape index (κ1) is 21.8. The predicted molar refractivity (Wildman–Crippen MR) is 107 cm³/mol. The Morgan fingerprint density at radius 2 is 1.87 bits per heavy atom. The smallest absolute Gasteiger partial charge is 0.343 e. The Hall–Kier alpha value is -3.88. The molecule has 0 fully saturated rings. The summed E-state index contributed by atoms with van der Waals surface area (Å²) in [5, 5.41) is 2.85. The fourth-order valence-electron chi connectivity index (χ4n) is 2.79. The molecule has 0 unspecified atom stereocenters. The Balaban J connectivity index is 1.94. The Labute approximate surface area is 176 Å². The second-order valence-corrected chi connectivity index (χ2v) is 6.39. The third kappa shape index (κ3) is 5.19. The third-order valence-electron chi connectivity index (χ3n) is 4.30. The highest BCUT2D eigenvalue weighted by Gasteiger charge is 2.25. The Kier molecular flexibility index (Phi) is 6.86. The highest BCUT2D eigenvalue weighted by Crippen LogP contribution is 2.20. The molecule has 9 heteroatoms. The minimum absolute atomic E-state index is 0.0407. The van der Waals surface area contributed by atoms with Crippen LogP contribution in [0.4, 0.5) is 18.9 Å². The molecule has 160 valence electrons. The fourth-order valence-corrected chi connectivity index (χ4v) is 2.79. The molecular formula is C22H18F3N3O3. The van der Waals surface area contributed by atoms with E-state index in [0.29, 0.717) is 18.3 Å². The number of ketones is 1. The highest BCUT2D eigenvalue weighted by atomic mass is 19.2. The van der Waals surface area contributed by atoms with E-state index in [0.717, 1.165) is 11.8 Å². The van der Waals surface area contributed by atoms with Gasteiger partial charge < -0.3 is 14.6 Å². The SMILES string of the molecule is CCOC(=O)C(=CNc1ccccc1Cn1ccnc1)C(=O)c1cc(F)c(F)cc1F. The van der Waals surface area contributed by atoms with Crippen molar-refractivity contribution in [2.75, 3.05) is 11.9 Å². The van der Waals surface area contributed by atoms with Gasteiger partial charge in [-0.25, -0.2) is 22.9 Å². The van der Waals surface area contributed by atoms with Crippen LogP contribution in [-0.4, -0.2) is 27.9 Å². The summed E-state index contributed by atoms with van der Waals surface area (Å²) in [4.78, 5) is 29.1. The monoisotopic (exact) mass is 429 g/mol. The largest absolute Gasteiger partial charge is 0.462 e. The van der Waals surface area contributed by atoms with Crippen LogP contribution in [0.3, 0.4) is 0 Å². The Morgan fingerprint density at radius 1 is 1.13 bits per heavy atom. The van der Waals surface area contributed by atoms with Crippen molar-refractivity contribution in [3.63, 3.8) is 0 Å². The van der Waals surface area contributed by atoms with Gasteiger partial charge in [-0.3, -0.25) is 4.79 Å². The number of para-hydroxylation sites is 1. The molecule has 6 nitrogen and oxygen atoms in total. The maximum Gasteiger partial charge on any atom is 0.343 e. The average Bonchev–Trinajstić information content (AvgIpc) is 3.25. The van der Waals surface area contributed by atoms with Crippen LogP contribution in [0, 0.1) is 17.5 Å². The molecule has 1 N–H and O–H groups in total. The van der Waals surface area contributed by atoms with Gasteiger partial charge in [-0.15, -0.1) is 0 Å². The number of hydrogen-bond acceptors (Lipinski definition) is 5. The first-order chi connectivity index (χ1) is 14.9. The molecule has 0 amide bonds. The molecule has 0 bridgehead atoms. The van der Waals surface area contributed by atoms with Gasteiger partial charge in [-0.2, -0.15) is 0 Å². The number of carbonyl (C=O) groups is 2. The molecule has 0 atom stereocenters. The number of benzene rings is 2. The van der Waals surface area contributed by atoms with Gasteiger partial charge in [0.15, 0.2) is 11.6 Å². The van der Waals surface area contributed by atoms with Crippen molar-refractivity contribution < 1.29 is 27.5 Å². The van der Waals surface area contributed by atoms with Crippen LogP contribution >= 0.6 is 0 Å². The van der Waals surface area contributed by atoms with Crippen LogP contribution in [0.5, 0.6) is 0 Å². The van der Waals surface area contributed by atoms with E-state index < -0.39 is 40.3 Å². The van der Waals surface area contributed by atoms with E-state index in [-0.39, 0.29) is 12.7 Å². The molecule has 0 aliphatic carbocycles. The van der Waals surface area contributed by atoms with Crippen LogP contribution < -0.4 is 5.32 Å². The summed E-state index contributed by atoms with van der Waals surface area (Å²) in [6.45, 7) is 1.95. The number of aromatic nitrogens is 2. The van der Waals surface area contributed by atoms with Crippen LogP contribution in [0.25, 0.3) is 0 Å². The number of nitrogens with one attached hydrogen (secondary N) is 1. The van der Waals surface area contributed by atoms with Crippen molar-refractivity contribution in [3.8, 4) is 0 Å². The Bertz CT molecular complexity index is 1130. The number of anilines is 1. The molecule has 0 radical (unpaired) electrons. The van der Waals surface area contributed by atoms with Crippen molar-refractivity contribution >= 4 is 17.4 Å². The lowest BCUT2D eigenvalue weighted by Gasteiger charge is -2.12. The van der Waals surface area contributed by atoms with Gasteiger partial charge in [0.1, 0.15) is 11.4 Å². The van der Waals surface area contributed by atoms with E-state index >= 15 is 0 Å². The lowest BCUT2D eigenvalue weighted by Crippen LogP contribution is -2.19. The van der Waals surface area contributed by atoms with E-state index in [4.69, 9.17) is 4.74 Å². The summed E-state index contributed by atoms with van der Waals surface area (Å²) >= 11 is 0. The maximum atomic E-state index is 14.1. The summed E-state index contributed by atoms with van der Waals surface area (Å²) in [6.07, 6.45) is 6.09. The second-order valence-electron chi connectivity index (χ2n) is 6.39. The quantitative estimate of drug-likeness (QED) is 0.146. The molecule has 0 saturated heterocycles. The lowest BCUT2D eigenvalue weighted by molar-refractivity contribution is -0.138. The van der Waals surface area contributed by atoms with Gasteiger partial charge in [-0.1, -0.05) is 18.2 Å². The zero-order valence-electron chi connectivity index (χ0n) is 16.4. The van der Waals surface area contributed by atoms with Gasteiger partial charge in [0.25, 0.3) is 0 Å². The number of hydrogen-bond donors (Lipinski definition) is 1.